The molecule has 0 amide bonds. The summed E-state index contributed by atoms with van der Waals surface area (Å²) in [6.45, 7) is 3.97. The number of hydrogen-bond acceptors (Lipinski definition) is 3. The third-order valence-electron chi connectivity index (χ3n) is 2.40. The maximum atomic E-state index is 8.87. The highest BCUT2D eigenvalue weighted by Crippen LogP contribution is 2.25. The van der Waals surface area contributed by atoms with E-state index in [1.165, 1.54) is 4.90 Å². The van der Waals surface area contributed by atoms with E-state index in [9.17, 15) is 0 Å². The van der Waals surface area contributed by atoms with Crippen LogP contribution in [0.3, 0.4) is 0 Å². The van der Waals surface area contributed by atoms with E-state index in [-0.39, 0.29) is 5.41 Å². The predicted octanol–water partition coefficient (Wildman–Crippen LogP) is 3.69. The molecule has 1 rings (SSSR count). The van der Waals surface area contributed by atoms with Crippen molar-refractivity contribution in [1.82, 2.24) is 0 Å². The molecule has 0 atom stereocenters. The van der Waals surface area contributed by atoms with E-state index >= 15 is 0 Å². The molecule has 1 aromatic carbocycles. The van der Waals surface area contributed by atoms with Gasteiger partial charge in [0.1, 0.15) is 0 Å². The maximum absolute atomic E-state index is 8.87. The fourth-order valence-electron chi connectivity index (χ4n) is 1.32. The number of hydrogen-bond donors (Lipinski definition) is 1. The lowest BCUT2D eigenvalue weighted by Gasteiger charge is -2.13. The number of benzene rings is 1. The second kappa shape index (κ2) is 5.81. The molecule has 0 saturated heterocycles. The molecule has 0 heterocycles. The van der Waals surface area contributed by atoms with Gasteiger partial charge in [-0.1, -0.05) is 0 Å². The van der Waals surface area contributed by atoms with Crippen LogP contribution in [0.1, 0.15) is 26.7 Å². The van der Waals surface area contributed by atoms with Crippen LogP contribution >= 0.6 is 11.8 Å². The van der Waals surface area contributed by atoms with Gasteiger partial charge >= 0.3 is 0 Å². The largest absolute Gasteiger partial charge is 0.399 e. The van der Waals surface area contributed by atoms with Crippen molar-refractivity contribution < 1.29 is 0 Å². The van der Waals surface area contributed by atoms with Crippen LogP contribution < -0.4 is 5.73 Å². The Morgan fingerprint density at radius 1 is 1.31 bits per heavy atom. The molecule has 0 aliphatic heterocycles. The lowest BCUT2D eigenvalue weighted by molar-refractivity contribution is 0.448. The third kappa shape index (κ3) is 4.59. The van der Waals surface area contributed by atoms with Crippen LogP contribution in [0.25, 0.3) is 0 Å². The Bertz CT molecular complexity index is 363. The first-order valence-corrected chi connectivity index (χ1v) is 6.42. The Morgan fingerprint density at radius 3 is 2.50 bits per heavy atom. The van der Waals surface area contributed by atoms with Crippen LogP contribution in [0.15, 0.2) is 29.2 Å². The van der Waals surface area contributed by atoms with Gasteiger partial charge in [-0.05, 0) is 56.7 Å². The minimum absolute atomic E-state index is 0.193. The average molecular weight is 234 g/mol. The van der Waals surface area contributed by atoms with Crippen molar-refractivity contribution in [1.29, 1.82) is 5.26 Å². The highest BCUT2D eigenvalue weighted by atomic mass is 32.2. The van der Waals surface area contributed by atoms with Gasteiger partial charge in [0, 0.05) is 10.6 Å². The second-order valence-corrected chi connectivity index (χ2v) is 5.69. The summed E-state index contributed by atoms with van der Waals surface area (Å²) in [4.78, 5) is 1.24. The minimum Gasteiger partial charge on any atom is -0.399 e. The highest BCUT2D eigenvalue weighted by molar-refractivity contribution is 7.99. The number of nitrogens with zero attached hydrogens (tertiary/aromatic N) is 1. The van der Waals surface area contributed by atoms with Crippen LogP contribution in [-0.2, 0) is 0 Å². The first kappa shape index (κ1) is 12.9. The fraction of sp³-hybridized carbons (Fsp3) is 0.462. The molecule has 0 radical (unpaired) electrons. The Balaban J connectivity index is 2.27. The lowest BCUT2D eigenvalue weighted by atomic mass is 9.90. The van der Waals surface area contributed by atoms with Crippen LogP contribution in [-0.4, -0.2) is 5.75 Å². The maximum Gasteiger partial charge on any atom is 0.0683 e. The highest BCUT2D eigenvalue weighted by Gasteiger charge is 2.15. The van der Waals surface area contributed by atoms with E-state index < -0.39 is 0 Å². The zero-order chi connectivity index (χ0) is 12.0. The molecule has 86 valence electrons. The van der Waals surface area contributed by atoms with E-state index in [0.717, 1.165) is 24.3 Å². The van der Waals surface area contributed by atoms with Crippen molar-refractivity contribution >= 4 is 17.4 Å². The van der Waals surface area contributed by atoms with Gasteiger partial charge in [-0.3, -0.25) is 0 Å². The molecule has 2 N–H and O–H groups in total. The normalized spacial score (nSPS) is 11.1. The van der Waals surface area contributed by atoms with E-state index in [2.05, 4.69) is 6.07 Å². The van der Waals surface area contributed by atoms with Gasteiger partial charge in [0.25, 0.3) is 0 Å². The molecule has 0 aliphatic carbocycles. The summed E-state index contributed by atoms with van der Waals surface area (Å²) >= 11 is 1.82. The molecule has 0 saturated carbocycles. The van der Waals surface area contributed by atoms with Gasteiger partial charge < -0.3 is 5.73 Å². The SMILES string of the molecule is CC(C)(C#N)CCCSc1ccc(N)cc1. The summed E-state index contributed by atoms with van der Waals surface area (Å²) in [6, 6.07) is 10.2. The molecule has 1 aromatic rings. The number of nitrogens with two attached hydrogens (primary N) is 1. The quantitative estimate of drug-likeness (QED) is 0.480. The van der Waals surface area contributed by atoms with E-state index in [0.29, 0.717) is 0 Å². The Labute approximate surface area is 102 Å². The monoisotopic (exact) mass is 234 g/mol. The van der Waals surface area contributed by atoms with E-state index in [1.54, 1.807) is 0 Å². The first-order chi connectivity index (χ1) is 7.53. The van der Waals surface area contributed by atoms with Gasteiger partial charge in [0.15, 0.2) is 0 Å². The number of thioether (sulfide) groups is 1. The molecule has 16 heavy (non-hydrogen) atoms. The zero-order valence-corrected chi connectivity index (χ0v) is 10.7. The second-order valence-electron chi connectivity index (χ2n) is 4.52. The minimum atomic E-state index is -0.193. The topological polar surface area (TPSA) is 49.8 Å². The molecule has 0 unspecified atom stereocenters. The van der Waals surface area contributed by atoms with Gasteiger partial charge in [-0.15, -0.1) is 11.8 Å². The lowest BCUT2D eigenvalue weighted by Crippen LogP contribution is -2.07. The summed E-state index contributed by atoms with van der Waals surface area (Å²) in [5, 5.41) is 8.87. The predicted molar refractivity (Wildman–Crippen MR) is 70.2 cm³/mol. The number of nitrogen functional groups attached to an aromatic ring is 1. The average Bonchev–Trinajstić information content (AvgIpc) is 2.27. The van der Waals surface area contributed by atoms with Crippen LogP contribution in [0.5, 0.6) is 0 Å². The molecule has 2 nitrogen and oxygen atoms in total. The third-order valence-corrected chi connectivity index (χ3v) is 3.50. The van der Waals surface area contributed by atoms with Crippen molar-refractivity contribution in [3.05, 3.63) is 24.3 Å². The van der Waals surface area contributed by atoms with E-state index in [4.69, 9.17) is 11.0 Å². The number of nitriles is 1. The number of anilines is 1. The van der Waals surface area contributed by atoms with Crippen LogP contribution in [0.4, 0.5) is 5.69 Å². The molecule has 0 fully saturated rings. The summed E-state index contributed by atoms with van der Waals surface area (Å²) in [6.07, 6.45) is 2.01. The van der Waals surface area contributed by atoms with Gasteiger partial charge in [-0.2, -0.15) is 5.26 Å². The van der Waals surface area contributed by atoms with Crippen molar-refractivity contribution in [2.45, 2.75) is 31.6 Å². The van der Waals surface area contributed by atoms with Gasteiger partial charge in [-0.25, -0.2) is 0 Å². The number of rotatable bonds is 5. The fourth-order valence-corrected chi connectivity index (χ4v) is 2.18. The van der Waals surface area contributed by atoms with Crippen molar-refractivity contribution in [3.63, 3.8) is 0 Å². The standard InChI is InChI=1S/C13H18N2S/c1-13(2,10-14)8-3-9-16-12-6-4-11(15)5-7-12/h4-7H,3,8-9,15H2,1-2H3. The summed E-state index contributed by atoms with van der Waals surface area (Å²) in [5.41, 5.74) is 6.22. The Kier molecular flexibility index (Phi) is 4.70. The molecule has 0 aromatic heterocycles. The molecule has 0 bridgehead atoms. The molecule has 3 heteroatoms. The smallest absolute Gasteiger partial charge is 0.0683 e. The van der Waals surface area contributed by atoms with Crippen molar-refractivity contribution in [2.75, 3.05) is 11.5 Å². The van der Waals surface area contributed by atoms with Gasteiger partial charge in [0.05, 0.1) is 11.5 Å². The van der Waals surface area contributed by atoms with Crippen molar-refractivity contribution in [2.24, 2.45) is 5.41 Å². The summed E-state index contributed by atoms with van der Waals surface area (Å²) < 4.78 is 0. The van der Waals surface area contributed by atoms with Crippen LogP contribution in [0, 0.1) is 16.7 Å². The Hall–Kier alpha value is -1.14. The first-order valence-electron chi connectivity index (χ1n) is 5.43. The molecule has 0 spiro atoms. The summed E-state index contributed by atoms with van der Waals surface area (Å²) in [7, 11) is 0. The molecular weight excluding hydrogens is 216 g/mol. The molecular formula is C13H18N2S. The molecule has 0 aliphatic rings. The van der Waals surface area contributed by atoms with Crippen molar-refractivity contribution in [3.8, 4) is 6.07 Å². The van der Waals surface area contributed by atoms with Gasteiger partial charge in [0.2, 0.25) is 0 Å². The van der Waals surface area contributed by atoms with E-state index in [1.807, 2.05) is 49.9 Å². The Morgan fingerprint density at radius 2 is 1.94 bits per heavy atom. The van der Waals surface area contributed by atoms with Crippen LogP contribution in [0.2, 0.25) is 0 Å². The zero-order valence-electron chi connectivity index (χ0n) is 9.86. The summed E-state index contributed by atoms with van der Waals surface area (Å²) in [5.74, 6) is 1.05.